The van der Waals surface area contributed by atoms with Gasteiger partial charge < -0.3 is 5.73 Å². The fourth-order valence-electron chi connectivity index (χ4n) is 2.84. The van der Waals surface area contributed by atoms with Crippen LogP contribution < -0.4 is 10.5 Å². The second kappa shape index (κ2) is 4.03. The molecular weight excluding hydrogens is 212 g/mol. The number of fused-ring (bicyclic) bond motifs is 2. The van der Waals surface area contributed by atoms with Crippen LogP contribution >= 0.6 is 0 Å². The molecule has 2 bridgehead atoms. The van der Waals surface area contributed by atoms with Gasteiger partial charge in [0.25, 0.3) is 0 Å². The van der Waals surface area contributed by atoms with E-state index in [0.29, 0.717) is 5.92 Å². The molecule has 15 heavy (non-hydrogen) atoms. The van der Waals surface area contributed by atoms with E-state index in [1.165, 1.54) is 19.3 Å². The van der Waals surface area contributed by atoms with Crippen LogP contribution in [0.25, 0.3) is 0 Å². The van der Waals surface area contributed by atoms with Gasteiger partial charge in [-0.3, -0.25) is 0 Å². The molecule has 2 aliphatic rings. The van der Waals surface area contributed by atoms with Crippen molar-refractivity contribution in [2.75, 3.05) is 6.54 Å². The van der Waals surface area contributed by atoms with Crippen molar-refractivity contribution >= 4 is 10.0 Å². The number of hydrogen-bond donors (Lipinski definition) is 2. The fraction of sp³-hybridized carbons (Fsp3) is 1.00. The van der Waals surface area contributed by atoms with Crippen molar-refractivity contribution in [1.82, 2.24) is 4.72 Å². The minimum atomic E-state index is -3.19. The number of sulfonamides is 1. The van der Waals surface area contributed by atoms with Gasteiger partial charge in [-0.05, 0) is 38.0 Å². The normalized spacial score (nSPS) is 37.1. The maximum absolute atomic E-state index is 11.8. The maximum atomic E-state index is 11.8. The first kappa shape index (κ1) is 11.4. The molecule has 3 N–H and O–H groups in total. The molecule has 0 spiro atoms. The van der Waals surface area contributed by atoms with Gasteiger partial charge in [-0.25, -0.2) is 13.1 Å². The molecule has 4 unspecified atom stereocenters. The number of nitrogens with two attached hydrogens (primary N) is 1. The summed E-state index contributed by atoms with van der Waals surface area (Å²) in [6, 6.07) is 0.183. The predicted octanol–water partition coefficient (Wildman–Crippen LogP) is 0.442. The Hall–Kier alpha value is -0.130. The summed E-state index contributed by atoms with van der Waals surface area (Å²) in [7, 11) is -3.19. The predicted molar refractivity (Wildman–Crippen MR) is 59.8 cm³/mol. The molecule has 0 aliphatic heterocycles. The lowest BCUT2D eigenvalue weighted by molar-refractivity contribution is 0.389. The highest BCUT2D eigenvalue weighted by Crippen LogP contribution is 2.44. The van der Waals surface area contributed by atoms with Crippen molar-refractivity contribution in [3.63, 3.8) is 0 Å². The zero-order valence-electron chi connectivity index (χ0n) is 9.15. The smallest absolute Gasteiger partial charge is 0.215 e. The van der Waals surface area contributed by atoms with E-state index in [1.54, 1.807) is 6.92 Å². The lowest BCUT2D eigenvalue weighted by atomic mass is 9.96. The average Bonchev–Trinajstić information content (AvgIpc) is 2.77. The van der Waals surface area contributed by atoms with Gasteiger partial charge in [0, 0.05) is 12.6 Å². The van der Waals surface area contributed by atoms with Crippen LogP contribution in [0.4, 0.5) is 0 Å². The van der Waals surface area contributed by atoms with Gasteiger partial charge in [-0.1, -0.05) is 6.42 Å². The molecule has 0 aromatic carbocycles. The summed E-state index contributed by atoms with van der Waals surface area (Å²) in [6.45, 7) is 1.85. The summed E-state index contributed by atoms with van der Waals surface area (Å²) in [4.78, 5) is 0. The van der Waals surface area contributed by atoms with E-state index in [0.717, 1.165) is 12.3 Å². The molecule has 0 aromatic rings. The number of hydrogen-bond acceptors (Lipinski definition) is 3. The topological polar surface area (TPSA) is 72.2 Å². The molecule has 88 valence electrons. The summed E-state index contributed by atoms with van der Waals surface area (Å²) in [5.74, 6) is 1.34. The lowest BCUT2D eigenvalue weighted by Gasteiger charge is -2.24. The van der Waals surface area contributed by atoms with Crippen molar-refractivity contribution in [1.29, 1.82) is 0 Å². The first-order valence-electron chi connectivity index (χ1n) is 5.74. The minimum absolute atomic E-state index is 0.183. The lowest BCUT2D eigenvalue weighted by Crippen LogP contribution is -2.44. The first-order chi connectivity index (χ1) is 7.03. The van der Waals surface area contributed by atoms with Crippen LogP contribution in [0.1, 0.15) is 32.6 Å². The maximum Gasteiger partial charge on any atom is 0.215 e. The van der Waals surface area contributed by atoms with Crippen molar-refractivity contribution in [2.45, 2.75) is 43.9 Å². The van der Waals surface area contributed by atoms with Crippen LogP contribution in [0.5, 0.6) is 0 Å². The van der Waals surface area contributed by atoms with E-state index in [-0.39, 0.29) is 12.6 Å². The Morgan fingerprint density at radius 2 is 2.13 bits per heavy atom. The molecule has 5 heteroatoms. The van der Waals surface area contributed by atoms with Crippen molar-refractivity contribution in [3.05, 3.63) is 0 Å². The van der Waals surface area contributed by atoms with Crippen molar-refractivity contribution < 1.29 is 8.42 Å². The average molecular weight is 232 g/mol. The molecule has 0 amide bonds. The van der Waals surface area contributed by atoms with Crippen LogP contribution in [0.15, 0.2) is 0 Å². The molecule has 4 nitrogen and oxygen atoms in total. The highest BCUT2D eigenvalue weighted by Gasteiger charge is 2.41. The van der Waals surface area contributed by atoms with Gasteiger partial charge in [-0.2, -0.15) is 0 Å². The fourth-order valence-corrected chi connectivity index (χ4v) is 4.04. The van der Waals surface area contributed by atoms with Crippen LogP contribution in [-0.2, 0) is 10.0 Å². The third kappa shape index (κ3) is 2.19. The van der Waals surface area contributed by atoms with Gasteiger partial charge in [0.2, 0.25) is 10.0 Å². The molecular formula is C10H20N2O2S. The Labute approximate surface area is 91.7 Å². The second-order valence-corrected chi connectivity index (χ2v) is 7.12. The van der Waals surface area contributed by atoms with Gasteiger partial charge in [0.05, 0.1) is 5.25 Å². The molecule has 0 saturated heterocycles. The summed E-state index contributed by atoms with van der Waals surface area (Å²) in [5.41, 5.74) is 5.39. The SMILES string of the molecule is CC(CN)S(=O)(=O)NC1CC2CCC1C2. The first-order valence-corrected chi connectivity index (χ1v) is 7.28. The highest BCUT2D eigenvalue weighted by molar-refractivity contribution is 7.90. The van der Waals surface area contributed by atoms with E-state index < -0.39 is 15.3 Å². The van der Waals surface area contributed by atoms with E-state index in [2.05, 4.69) is 4.72 Å². The third-order valence-electron chi connectivity index (χ3n) is 3.92. The molecule has 0 aromatic heterocycles. The van der Waals surface area contributed by atoms with E-state index in [1.807, 2.05) is 0 Å². The molecule has 0 radical (unpaired) electrons. The molecule has 0 heterocycles. The van der Waals surface area contributed by atoms with Crippen LogP contribution in [0, 0.1) is 11.8 Å². The van der Waals surface area contributed by atoms with Gasteiger partial charge >= 0.3 is 0 Å². The summed E-state index contributed by atoms with van der Waals surface area (Å²) < 4.78 is 26.4. The van der Waals surface area contributed by atoms with E-state index in [4.69, 9.17) is 5.73 Å². The number of rotatable bonds is 4. The molecule has 4 atom stereocenters. The largest absolute Gasteiger partial charge is 0.329 e. The summed E-state index contributed by atoms with van der Waals surface area (Å²) in [5, 5.41) is -0.475. The quantitative estimate of drug-likeness (QED) is 0.739. The molecule has 2 fully saturated rings. The second-order valence-electron chi connectivity index (χ2n) is 4.99. The van der Waals surface area contributed by atoms with Crippen LogP contribution in [0.3, 0.4) is 0 Å². The Balaban J connectivity index is 1.98. The third-order valence-corrected chi connectivity index (χ3v) is 5.80. The van der Waals surface area contributed by atoms with E-state index >= 15 is 0 Å². The van der Waals surface area contributed by atoms with Gasteiger partial charge in [0.15, 0.2) is 0 Å². The van der Waals surface area contributed by atoms with Crippen molar-refractivity contribution in [3.8, 4) is 0 Å². The Morgan fingerprint density at radius 1 is 1.40 bits per heavy atom. The molecule has 2 aliphatic carbocycles. The summed E-state index contributed by atoms with van der Waals surface area (Å²) in [6.07, 6.45) is 4.72. The Kier molecular flexibility index (Phi) is 3.05. The van der Waals surface area contributed by atoms with Crippen LogP contribution in [0.2, 0.25) is 0 Å². The van der Waals surface area contributed by atoms with Gasteiger partial charge in [0.1, 0.15) is 0 Å². The zero-order valence-corrected chi connectivity index (χ0v) is 9.96. The zero-order chi connectivity index (χ0) is 11.1. The van der Waals surface area contributed by atoms with E-state index in [9.17, 15) is 8.42 Å². The highest BCUT2D eigenvalue weighted by atomic mass is 32.2. The summed E-state index contributed by atoms with van der Waals surface area (Å²) >= 11 is 0. The molecule has 2 saturated carbocycles. The number of nitrogens with one attached hydrogen (secondary N) is 1. The monoisotopic (exact) mass is 232 g/mol. The molecule has 2 rings (SSSR count). The minimum Gasteiger partial charge on any atom is -0.329 e. The standard InChI is InChI=1S/C10H20N2O2S/c1-7(6-11)15(13,14)12-10-5-8-2-3-9(10)4-8/h7-10,12H,2-6,11H2,1H3. The van der Waals surface area contributed by atoms with Gasteiger partial charge in [-0.15, -0.1) is 0 Å². The Bertz CT molecular complexity index is 328. The van der Waals surface area contributed by atoms with Crippen molar-refractivity contribution in [2.24, 2.45) is 17.6 Å². The van der Waals surface area contributed by atoms with Crippen LogP contribution in [-0.4, -0.2) is 26.3 Å². The Morgan fingerprint density at radius 3 is 2.60 bits per heavy atom.